The van der Waals surface area contributed by atoms with Crippen LogP contribution in [0.2, 0.25) is 5.02 Å². The third kappa shape index (κ3) is 3.89. The first kappa shape index (κ1) is 21.0. The van der Waals surface area contributed by atoms with E-state index in [-0.39, 0.29) is 24.5 Å². The molecule has 1 aliphatic heterocycles. The first-order valence-electron chi connectivity index (χ1n) is 10.8. The molecule has 0 bridgehead atoms. The number of carbonyl (C=O) groups is 2. The van der Waals surface area contributed by atoms with Crippen LogP contribution in [0.25, 0.3) is 0 Å². The van der Waals surface area contributed by atoms with Crippen molar-refractivity contribution in [2.24, 2.45) is 0 Å². The van der Waals surface area contributed by atoms with Crippen molar-refractivity contribution in [3.63, 3.8) is 0 Å². The lowest BCUT2D eigenvalue weighted by Gasteiger charge is -2.31. The highest BCUT2D eigenvalue weighted by Gasteiger charge is 2.38. The van der Waals surface area contributed by atoms with Gasteiger partial charge in [-0.25, -0.2) is 4.79 Å². The molecule has 1 unspecified atom stereocenters. The summed E-state index contributed by atoms with van der Waals surface area (Å²) in [5, 5.41) is 7.51. The van der Waals surface area contributed by atoms with Gasteiger partial charge in [-0.2, -0.15) is 0 Å². The number of nitrogens with zero attached hydrogens (tertiary/aromatic N) is 1. The van der Waals surface area contributed by atoms with Crippen LogP contribution in [0.1, 0.15) is 46.0 Å². The first-order chi connectivity index (χ1) is 15.5. The van der Waals surface area contributed by atoms with Crippen LogP contribution in [0.4, 0.5) is 15.5 Å². The van der Waals surface area contributed by atoms with Crippen molar-refractivity contribution in [2.45, 2.75) is 38.6 Å². The number of urea groups is 1. The number of hydrogen-bond acceptors (Lipinski definition) is 3. The fraction of sp³-hybridized carbons (Fsp3) is 0.280. The summed E-state index contributed by atoms with van der Waals surface area (Å²) in [5.41, 5.74) is 4.91. The van der Waals surface area contributed by atoms with Gasteiger partial charge in [-0.1, -0.05) is 48.0 Å². The molecule has 2 aliphatic rings. The number of hydrogen-bond donors (Lipinski definition) is 2. The van der Waals surface area contributed by atoms with Crippen LogP contribution in [0.5, 0.6) is 0 Å². The molecule has 1 aliphatic carbocycles. The Morgan fingerprint density at radius 1 is 1.16 bits per heavy atom. The van der Waals surface area contributed by atoms with Crippen molar-refractivity contribution < 1.29 is 9.59 Å². The highest BCUT2D eigenvalue weighted by molar-refractivity contribution is 7.16. The maximum atomic E-state index is 13.6. The van der Waals surface area contributed by atoms with Crippen LogP contribution < -0.4 is 10.6 Å². The molecule has 1 aromatic heterocycles. The zero-order chi connectivity index (χ0) is 22.2. The summed E-state index contributed by atoms with van der Waals surface area (Å²) in [6.45, 7) is 1.89. The van der Waals surface area contributed by atoms with Crippen LogP contribution >= 0.6 is 22.9 Å². The van der Waals surface area contributed by atoms with Gasteiger partial charge in [0.2, 0.25) is 5.91 Å². The fourth-order valence-corrected chi connectivity index (χ4v) is 6.14. The number of benzene rings is 2. The summed E-state index contributed by atoms with van der Waals surface area (Å²) in [7, 11) is 0. The van der Waals surface area contributed by atoms with Crippen molar-refractivity contribution >= 4 is 45.6 Å². The maximum absolute atomic E-state index is 13.6. The predicted octanol–water partition coefficient (Wildman–Crippen LogP) is 6.16. The van der Waals surface area contributed by atoms with Gasteiger partial charge in [0.05, 0.1) is 6.04 Å². The van der Waals surface area contributed by atoms with E-state index in [1.807, 2.05) is 43.3 Å². The lowest BCUT2D eigenvalue weighted by Crippen LogP contribution is -2.41. The number of amides is 3. The fourth-order valence-electron chi connectivity index (χ4n) is 4.63. The van der Waals surface area contributed by atoms with E-state index in [0.717, 1.165) is 47.4 Å². The summed E-state index contributed by atoms with van der Waals surface area (Å²) in [6, 6.07) is 14.7. The van der Waals surface area contributed by atoms with E-state index in [1.165, 1.54) is 10.4 Å². The zero-order valence-electron chi connectivity index (χ0n) is 17.8. The second-order valence-electron chi connectivity index (χ2n) is 8.33. The van der Waals surface area contributed by atoms with Gasteiger partial charge in [-0.05, 0) is 61.4 Å². The first-order valence-corrected chi connectivity index (χ1v) is 12.0. The lowest BCUT2D eigenvalue weighted by atomic mass is 9.89. The molecular weight excluding hydrogens is 442 g/mol. The van der Waals surface area contributed by atoms with Gasteiger partial charge in [0.25, 0.3) is 0 Å². The second kappa shape index (κ2) is 8.60. The average molecular weight is 466 g/mol. The minimum Gasteiger partial charge on any atom is -0.316 e. The molecule has 0 saturated heterocycles. The number of nitrogens with one attached hydrogen (secondary N) is 2. The molecule has 5 nitrogen and oxygen atoms in total. The topological polar surface area (TPSA) is 61.4 Å². The van der Waals surface area contributed by atoms with Gasteiger partial charge in [0, 0.05) is 21.2 Å². The average Bonchev–Trinajstić information content (AvgIpc) is 3.06. The number of aryl methyl sites for hydroxylation is 2. The van der Waals surface area contributed by atoms with E-state index in [1.54, 1.807) is 28.4 Å². The molecule has 0 saturated carbocycles. The molecule has 0 spiro atoms. The molecular formula is C25H24ClN3O2S. The van der Waals surface area contributed by atoms with Gasteiger partial charge in [0.15, 0.2) is 0 Å². The number of rotatable bonds is 2. The van der Waals surface area contributed by atoms with Crippen LogP contribution in [-0.4, -0.2) is 23.4 Å². The van der Waals surface area contributed by atoms with Crippen molar-refractivity contribution in [3.05, 3.63) is 80.7 Å². The Labute approximate surface area is 196 Å². The molecule has 164 valence electrons. The van der Waals surface area contributed by atoms with Gasteiger partial charge in [-0.3, -0.25) is 4.79 Å². The molecule has 1 atom stereocenters. The normalized spacial score (nSPS) is 17.8. The Morgan fingerprint density at radius 3 is 2.75 bits per heavy atom. The molecule has 0 radical (unpaired) electrons. The van der Waals surface area contributed by atoms with E-state index in [0.29, 0.717) is 10.7 Å². The highest BCUT2D eigenvalue weighted by Crippen LogP contribution is 2.46. The summed E-state index contributed by atoms with van der Waals surface area (Å²) in [5.74, 6) is -0.179. The van der Waals surface area contributed by atoms with E-state index in [4.69, 9.17) is 11.6 Å². The van der Waals surface area contributed by atoms with Gasteiger partial charge in [0.1, 0.15) is 11.5 Å². The Hall–Kier alpha value is -2.83. The predicted molar refractivity (Wildman–Crippen MR) is 130 cm³/mol. The van der Waals surface area contributed by atoms with E-state index in [9.17, 15) is 9.59 Å². The van der Waals surface area contributed by atoms with Gasteiger partial charge >= 0.3 is 6.03 Å². The van der Waals surface area contributed by atoms with Crippen molar-refractivity contribution in [2.75, 3.05) is 17.2 Å². The minimum absolute atomic E-state index is 0.0266. The van der Waals surface area contributed by atoms with Crippen LogP contribution in [0, 0.1) is 6.92 Å². The van der Waals surface area contributed by atoms with Gasteiger partial charge in [-0.15, -0.1) is 11.3 Å². The molecule has 2 aromatic carbocycles. The van der Waals surface area contributed by atoms with Crippen molar-refractivity contribution in [3.8, 4) is 0 Å². The number of thiophene rings is 1. The van der Waals surface area contributed by atoms with E-state index >= 15 is 0 Å². The Bertz CT molecular complexity index is 1190. The van der Waals surface area contributed by atoms with E-state index < -0.39 is 0 Å². The third-order valence-electron chi connectivity index (χ3n) is 6.18. The van der Waals surface area contributed by atoms with Crippen molar-refractivity contribution in [1.29, 1.82) is 0 Å². The molecule has 2 heterocycles. The van der Waals surface area contributed by atoms with Crippen molar-refractivity contribution in [1.82, 2.24) is 4.90 Å². The largest absolute Gasteiger partial charge is 0.323 e. The van der Waals surface area contributed by atoms with E-state index in [2.05, 4.69) is 10.6 Å². The third-order valence-corrected chi connectivity index (χ3v) is 7.64. The number of halogens is 1. The number of carbonyl (C=O) groups excluding carboxylic acids is 2. The molecule has 2 N–H and O–H groups in total. The molecule has 7 heteroatoms. The highest BCUT2D eigenvalue weighted by atomic mass is 35.5. The lowest BCUT2D eigenvalue weighted by molar-refractivity contribution is -0.116. The molecule has 5 rings (SSSR count). The smallest absolute Gasteiger partial charge is 0.316 e. The van der Waals surface area contributed by atoms with Crippen LogP contribution in [0.3, 0.4) is 0 Å². The maximum Gasteiger partial charge on any atom is 0.323 e. The Balaban J connectivity index is 1.62. The minimum atomic E-state index is -0.345. The SMILES string of the molecule is Cc1ccc(Cl)cc1NC(=O)N1CC(=O)Nc2sc3c(c2C1c1ccccc1)CCCC3. The zero-order valence-corrected chi connectivity index (χ0v) is 19.4. The summed E-state index contributed by atoms with van der Waals surface area (Å²) in [6.07, 6.45) is 4.29. The Morgan fingerprint density at radius 2 is 1.94 bits per heavy atom. The number of fused-ring (bicyclic) bond motifs is 3. The second-order valence-corrected chi connectivity index (χ2v) is 9.87. The monoisotopic (exact) mass is 465 g/mol. The molecule has 3 aromatic rings. The van der Waals surface area contributed by atoms with Crippen LogP contribution in [0.15, 0.2) is 48.5 Å². The number of anilines is 2. The standard InChI is InChI=1S/C25H24ClN3O2S/c1-15-11-12-17(26)13-19(15)27-25(31)29-14-21(30)28-24-22(18-9-5-6-10-20(18)32-24)23(29)16-7-3-2-4-8-16/h2-4,7-8,11-13,23H,5-6,9-10,14H2,1H3,(H,27,31)(H,28,30). The van der Waals surface area contributed by atoms with Gasteiger partial charge < -0.3 is 15.5 Å². The summed E-state index contributed by atoms with van der Waals surface area (Å²) >= 11 is 7.83. The molecule has 3 amide bonds. The summed E-state index contributed by atoms with van der Waals surface area (Å²) in [4.78, 5) is 29.5. The van der Waals surface area contributed by atoms with Crippen LogP contribution in [-0.2, 0) is 17.6 Å². The quantitative estimate of drug-likeness (QED) is 0.475. The molecule has 0 fully saturated rings. The summed E-state index contributed by atoms with van der Waals surface area (Å²) < 4.78 is 0. The Kier molecular flexibility index (Phi) is 5.66. The molecule has 32 heavy (non-hydrogen) atoms.